The van der Waals surface area contributed by atoms with E-state index < -0.39 is 5.97 Å². The van der Waals surface area contributed by atoms with Crippen molar-refractivity contribution in [1.82, 2.24) is 14.7 Å². The lowest BCUT2D eigenvalue weighted by atomic mass is 10.0. The lowest BCUT2D eigenvalue weighted by molar-refractivity contribution is -0.137. The van der Waals surface area contributed by atoms with Gasteiger partial charge >= 0.3 is 12.0 Å². The van der Waals surface area contributed by atoms with Gasteiger partial charge in [-0.25, -0.2) is 4.79 Å². The van der Waals surface area contributed by atoms with Crippen LogP contribution in [0.25, 0.3) is 0 Å². The van der Waals surface area contributed by atoms with E-state index in [-0.39, 0.29) is 12.5 Å². The van der Waals surface area contributed by atoms with Gasteiger partial charge in [-0.1, -0.05) is 6.92 Å². The SMILES string of the molecule is CCN1CCC(N(C)C(=O)N(C)CCCC(=O)O)CC1. The molecule has 2 amide bonds. The van der Waals surface area contributed by atoms with Crippen LogP contribution in [0.15, 0.2) is 0 Å². The van der Waals surface area contributed by atoms with Crippen molar-refractivity contribution in [2.24, 2.45) is 0 Å². The number of hydrogen-bond donors (Lipinski definition) is 1. The highest BCUT2D eigenvalue weighted by atomic mass is 16.4. The second kappa shape index (κ2) is 8.09. The summed E-state index contributed by atoms with van der Waals surface area (Å²) < 4.78 is 0. The van der Waals surface area contributed by atoms with Gasteiger partial charge in [-0.05, 0) is 25.8 Å². The predicted octanol–water partition coefficient (Wildman–Crippen LogP) is 1.32. The number of aliphatic carboxylic acids is 1. The fourth-order valence-corrected chi connectivity index (χ4v) is 2.61. The highest BCUT2D eigenvalue weighted by molar-refractivity contribution is 5.74. The molecular formula is C14H27N3O3. The molecule has 0 aliphatic carbocycles. The molecule has 1 N–H and O–H groups in total. The van der Waals surface area contributed by atoms with Crippen molar-refractivity contribution < 1.29 is 14.7 Å². The van der Waals surface area contributed by atoms with E-state index in [0.29, 0.717) is 19.0 Å². The van der Waals surface area contributed by atoms with E-state index in [1.165, 1.54) is 0 Å². The van der Waals surface area contributed by atoms with Crippen molar-refractivity contribution in [3.63, 3.8) is 0 Å². The number of hydrogen-bond acceptors (Lipinski definition) is 3. The molecule has 1 rings (SSSR count). The molecular weight excluding hydrogens is 258 g/mol. The molecule has 0 saturated carbocycles. The normalized spacial score (nSPS) is 16.9. The maximum atomic E-state index is 12.3. The summed E-state index contributed by atoms with van der Waals surface area (Å²) in [6.07, 6.45) is 2.63. The summed E-state index contributed by atoms with van der Waals surface area (Å²) in [6, 6.07) is 0.289. The number of carboxylic acids is 1. The molecule has 0 atom stereocenters. The average molecular weight is 285 g/mol. The highest BCUT2D eigenvalue weighted by Crippen LogP contribution is 2.16. The Hall–Kier alpha value is -1.30. The van der Waals surface area contributed by atoms with Gasteiger partial charge < -0.3 is 19.8 Å². The summed E-state index contributed by atoms with van der Waals surface area (Å²) in [5.41, 5.74) is 0. The molecule has 0 bridgehead atoms. The van der Waals surface area contributed by atoms with Crippen LogP contribution in [-0.4, -0.2) is 78.1 Å². The van der Waals surface area contributed by atoms with Crippen molar-refractivity contribution in [3.8, 4) is 0 Å². The van der Waals surface area contributed by atoms with Gasteiger partial charge in [0.2, 0.25) is 0 Å². The quantitative estimate of drug-likeness (QED) is 0.799. The van der Waals surface area contributed by atoms with Crippen LogP contribution in [0.1, 0.15) is 32.6 Å². The van der Waals surface area contributed by atoms with Crippen LogP contribution in [0.3, 0.4) is 0 Å². The molecule has 6 heteroatoms. The second-order valence-electron chi connectivity index (χ2n) is 5.48. The van der Waals surface area contributed by atoms with Crippen molar-refractivity contribution in [2.75, 3.05) is 40.3 Å². The van der Waals surface area contributed by atoms with Crippen LogP contribution in [0, 0.1) is 0 Å². The molecule has 1 saturated heterocycles. The first-order valence-electron chi connectivity index (χ1n) is 7.37. The van der Waals surface area contributed by atoms with Gasteiger partial charge in [-0.15, -0.1) is 0 Å². The Bertz CT molecular complexity index is 328. The van der Waals surface area contributed by atoms with Gasteiger partial charge in [0.15, 0.2) is 0 Å². The van der Waals surface area contributed by atoms with Crippen molar-refractivity contribution in [2.45, 2.75) is 38.6 Å². The Balaban J connectivity index is 2.36. The van der Waals surface area contributed by atoms with Crippen LogP contribution in [0.4, 0.5) is 4.79 Å². The average Bonchev–Trinajstić information content (AvgIpc) is 2.45. The van der Waals surface area contributed by atoms with Crippen LogP contribution in [0.5, 0.6) is 0 Å². The molecule has 1 aliphatic rings. The molecule has 0 spiro atoms. The van der Waals surface area contributed by atoms with Gasteiger partial charge in [-0.3, -0.25) is 4.79 Å². The molecule has 0 aromatic carbocycles. The largest absolute Gasteiger partial charge is 0.481 e. The minimum Gasteiger partial charge on any atom is -0.481 e. The lowest BCUT2D eigenvalue weighted by Crippen LogP contribution is -2.49. The molecule has 0 unspecified atom stereocenters. The topological polar surface area (TPSA) is 64.1 Å². The number of carbonyl (C=O) groups is 2. The summed E-state index contributed by atoms with van der Waals surface area (Å²) in [6.45, 7) is 5.80. The first-order chi connectivity index (χ1) is 9.45. The number of piperidine rings is 1. The van der Waals surface area contributed by atoms with E-state index in [9.17, 15) is 9.59 Å². The molecule has 1 aliphatic heterocycles. The van der Waals surface area contributed by atoms with E-state index in [1.54, 1.807) is 11.9 Å². The van der Waals surface area contributed by atoms with Gasteiger partial charge in [0.1, 0.15) is 0 Å². The molecule has 20 heavy (non-hydrogen) atoms. The number of likely N-dealkylation sites (tertiary alicyclic amines) is 1. The number of nitrogens with zero attached hydrogens (tertiary/aromatic N) is 3. The first-order valence-corrected chi connectivity index (χ1v) is 7.37. The summed E-state index contributed by atoms with van der Waals surface area (Å²) in [5.74, 6) is -0.814. The second-order valence-corrected chi connectivity index (χ2v) is 5.48. The standard InChI is InChI=1S/C14H27N3O3/c1-4-17-10-7-12(8-11-17)16(3)14(20)15(2)9-5-6-13(18)19/h12H,4-11H2,1-3H3,(H,18,19). The van der Waals surface area contributed by atoms with Crippen LogP contribution in [-0.2, 0) is 4.79 Å². The van der Waals surface area contributed by atoms with Gasteiger partial charge in [0, 0.05) is 46.2 Å². The Morgan fingerprint density at radius 3 is 2.35 bits per heavy atom. The fourth-order valence-electron chi connectivity index (χ4n) is 2.61. The number of carbonyl (C=O) groups excluding carboxylic acids is 1. The van der Waals surface area contributed by atoms with E-state index in [2.05, 4.69) is 11.8 Å². The zero-order valence-corrected chi connectivity index (χ0v) is 12.8. The van der Waals surface area contributed by atoms with Crippen LogP contribution in [0.2, 0.25) is 0 Å². The molecule has 0 aromatic heterocycles. The highest BCUT2D eigenvalue weighted by Gasteiger charge is 2.26. The fraction of sp³-hybridized carbons (Fsp3) is 0.857. The number of amides is 2. The Kier molecular flexibility index (Phi) is 6.78. The summed E-state index contributed by atoms with van der Waals surface area (Å²) >= 11 is 0. The summed E-state index contributed by atoms with van der Waals surface area (Å²) in [4.78, 5) is 28.6. The molecule has 6 nitrogen and oxygen atoms in total. The van der Waals surface area contributed by atoms with Gasteiger partial charge in [-0.2, -0.15) is 0 Å². The molecule has 0 radical (unpaired) electrons. The minimum absolute atomic E-state index is 0.00895. The van der Waals surface area contributed by atoms with Crippen LogP contribution < -0.4 is 0 Å². The molecule has 1 fully saturated rings. The Labute approximate surface area is 121 Å². The van der Waals surface area contributed by atoms with E-state index >= 15 is 0 Å². The monoisotopic (exact) mass is 285 g/mol. The zero-order chi connectivity index (χ0) is 15.1. The van der Waals surface area contributed by atoms with Crippen molar-refractivity contribution in [3.05, 3.63) is 0 Å². The smallest absolute Gasteiger partial charge is 0.319 e. The lowest BCUT2D eigenvalue weighted by Gasteiger charge is -2.37. The van der Waals surface area contributed by atoms with Gasteiger partial charge in [0.25, 0.3) is 0 Å². The third-order valence-electron chi connectivity index (χ3n) is 4.06. The van der Waals surface area contributed by atoms with Crippen molar-refractivity contribution >= 4 is 12.0 Å². The third kappa shape index (κ3) is 5.00. The first kappa shape index (κ1) is 16.8. The maximum Gasteiger partial charge on any atom is 0.319 e. The van der Waals surface area contributed by atoms with E-state index in [1.807, 2.05) is 11.9 Å². The molecule has 116 valence electrons. The Morgan fingerprint density at radius 1 is 1.25 bits per heavy atom. The van der Waals surface area contributed by atoms with Crippen molar-refractivity contribution in [1.29, 1.82) is 0 Å². The summed E-state index contributed by atoms with van der Waals surface area (Å²) in [5, 5.41) is 8.61. The third-order valence-corrected chi connectivity index (χ3v) is 4.06. The number of rotatable bonds is 6. The number of urea groups is 1. The van der Waals surface area contributed by atoms with E-state index in [0.717, 1.165) is 32.5 Å². The van der Waals surface area contributed by atoms with E-state index in [4.69, 9.17) is 5.11 Å². The number of carboxylic acid groups (broad SMARTS) is 1. The zero-order valence-electron chi connectivity index (χ0n) is 12.8. The predicted molar refractivity (Wildman–Crippen MR) is 77.8 cm³/mol. The Morgan fingerprint density at radius 2 is 1.85 bits per heavy atom. The maximum absolute atomic E-state index is 12.3. The molecule has 1 heterocycles. The van der Waals surface area contributed by atoms with Gasteiger partial charge in [0.05, 0.1) is 0 Å². The summed E-state index contributed by atoms with van der Waals surface area (Å²) in [7, 11) is 3.59. The van der Waals surface area contributed by atoms with Crippen LogP contribution >= 0.6 is 0 Å². The minimum atomic E-state index is -0.814. The molecule has 0 aromatic rings.